The Morgan fingerprint density at radius 1 is 1.28 bits per heavy atom. The van der Waals surface area contributed by atoms with E-state index in [9.17, 15) is 8.78 Å². The van der Waals surface area contributed by atoms with Gasteiger partial charge in [0.25, 0.3) is 0 Å². The number of ether oxygens (including phenoxy) is 1. The van der Waals surface area contributed by atoms with Gasteiger partial charge in [-0.15, -0.1) is 0 Å². The number of hydrogen-bond donors (Lipinski definition) is 0. The molecule has 2 atom stereocenters. The predicted octanol–water partition coefficient (Wildman–Crippen LogP) is 4.82. The number of halogens is 3. The van der Waals surface area contributed by atoms with Crippen LogP contribution in [0.2, 0.25) is 0 Å². The minimum Gasteiger partial charge on any atom is -0.484 e. The summed E-state index contributed by atoms with van der Waals surface area (Å²) in [6.45, 7) is 2.15. The third-order valence-corrected chi connectivity index (χ3v) is 4.03. The Morgan fingerprint density at radius 3 is 2.50 bits per heavy atom. The van der Waals surface area contributed by atoms with Crippen LogP contribution in [0.1, 0.15) is 38.2 Å². The van der Waals surface area contributed by atoms with E-state index in [-0.39, 0.29) is 11.9 Å². The first-order valence-corrected chi connectivity index (χ1v) is 7.43. The summed E-state index contributed by atoms with van der Waals surface area (Å²) in [5, 5.41) is 0.432. The number of hydrogen-bond acceptors (Lipinski definition) is 1. The van der Waals surface area contributed by atoms with Crippen LogP contribution in [0.5, 0.6) is 5.75 Å². The maximum atomic E-state index is 13.8. The minimum absolute atomic E-state index is 0.0624. The zero-order valence-corrected chi connectivity index (χ0v) is 12.0. The topological polar surface area (TPSA) is 9.23 Å². The molecule has 0 spiro atoms. The van der Waals surface area contributed by atoms with Crippen LogP contribution in [0.25, 0.3) is 0 Å². The van der Waals surface area contributed by atoms with Gasteiger partial charge in [-0.1, -0.05) is 29.3 Å². The zero-order chi connectivity index (χ0) is 13.1. The molecule has 0 aliphatic heterocycles. The van der Waals surface area contributed by atoms with Crippen molar-refractivity contribution in [1.29, 1.82) is 0 Å². The first-order chi connectivity index (χ1) is 8.60. The molecule has 0 radical (unpaired) electrons. The van der Waals surface area contributed by atoms with E-state index in [1.165, 1.54) is 18.6 Å². The molecule has 1 fully saturated rings. The highest BCUT2D eigenvalue weighted by Crippen LogP contribution is 2.31. The molecule has 1 nitrogen and oxygen atoms in total. The summed E-state index contributed by atoms with van der Waals surface area (Å²) in [5.74, 6) is -0.874. The van der Waals surface area contributed by atoms with E-state index < -0.39 is 11.6 Å². The lowest BCUT2D eigenvalue weighted by Gasteiger charge is -2.27. The molecule has 100 valence electrons. The van der Waals surface area contributed by atoms with Crippen molar-refractivity contribution in [1.82, 2.24) is 0 Å². The normalized spacial score (nSPS) is 24.0. The Kier molecular flexibility index (Phi) is 4.60. The monoisotopic (exact) mass is 318 g/mol. The maximum Gasteiger partial charge on any atom is 0.191 e. The van der Waals surface area contributed by atoms with Crippen LogP contribution in [0.15, 0.2) is 12.1 Å². The first kappa shape index (κ1) is 13.8. The molecule has 1 aromatic rings. The van der Waals surface area contributed by atoms with Crippen molar-refractivity contribution < 1.29 is 13.5 Å². The van der Waals surface area contributed by atoms with E-state index in [0.29, 0.717) is 16.8 Å². The summed E-state index contributed by atoms with van der Waals surface area (Å²) in [6.07, 6.45) is 3.93. The van der Waals surface area contributed by atoms with E-state index in [4.69, 9.17) is 4.74 Å². The lowest BCUT2D eigenvalue weighted by Crippen LogP contribution is -2.25. The molecule has 0 heterocycles. The standard InChI is InChI=1S/C14H17BrF2O/c1-9-3-2-4-11(5-9)18-14-12(16)6-10(8-15)7-13(14)17/h6-7,9,11H,2-5,8H2,1H3. The second-order valence-corrected chi connectivity index (χ2v) is 5.59. The van der Waals surface area contributed by atoms with Crippen molar-refractivity contribution in [3.8, 4) is 5.75 Å². The SMILES string of the molecule is CC1CCCC(Oc2c(F)cc(CBr)cc2F)C1. The molecule has 2 unspecified atom stereocenters. The molecule has 0 bridgehead atoms. The van der Waals surface area contributed by atoms with Gasteiger partial charge in [0.1, 0.15) is 0 Å². The fourth-order valence-corrected chi connectivity index (χ4v) is 2.78. The maximum absolute atomic E-state index is 13.8. The van der Waals surface area contributed by atoms with Gasteiger partial charge >= 0.3 is 0 Å². The third kappa shape index (κ3) is 3.22. The fourth-order valence-electron chi connectivity index (χ4n) is 2.45. The van der Waals surface area contributed by atoms with E-state index in [1.807, 2.05) is 0 Å². The van der Waals surface area contributed by atoms with Crippen molar-refractivity contribution in [3.05, 3.63) is 29.3 Å². The predicted molar refractivity (Wildman–Crippen MR) is 71.0 cm³/mol. The van der Waals surface area contributed by atoms with Gasteiger partial charge < -0.3 is 4.74 Å². The van der Waals surface area contributed by atoms with Gasteiger partial charge in [-0.3, -0.25) is 0 Å². The lowest BCUT2D eigenvalue weighted by atomic mass is 9.89. The Bertz CT molecular complexity index is 399. The summed E-state index contributed by atoms with van der Waals surface area (Å²) in [7, 11) is 0. The summed E-state index contributed by atoms with van der Waals surface area (Å²) in [5.41, 5.74) is 0.578. The van der Waals surface area contributed by atoms with Crippen LogP contribution in [-0.2, 0) is 5.33 Å². The molecule has 0 aromatic heterocycles. The van der Waals surface area contributed by atoms with E-state index in [1.54, 1.807) is 0 Å². The average molecular weight is 319 g/mol. The molecule has 1 aromatic carbocycles. The largest absolute Gasteiger partial charge is 0.484 e. The summed E-state index contributed by atoms with van der Waals surface area (Å²) in [4.78, 5) is 0. The average Bonchev–Trinajstić information content (AvgIpc) is 2.33. The molecular weight excluding hydrogens is 302 g/mol. The molecule has 2 rings (SSSR count). The highest BCUT2D eigenvalue weighted by molar-refractivity contribution is 9.08. The van der Waals surface area contributed by atoms with Crippen LogP contribution < -0.4 is 4.74 Å². The van der Waals surface area contributed by atoms with Crippen LogP contribution >= 0.6 is 15.9 Å². The van der Waals surface area contributed by atoms with Crippen LogP contribution in [0.3, 0.4) is 0 Å². The molecule has 0 N–H and O–H groups in total. The molecule has 18 heavy (non-hydrogen) atoms. The quantitative estimate of drug-likeness (QED) is 0.726. The van der Waals surface area contributed by atoms with Crippen LogP contribution in [0.4, 0.5) is 8.78 Å². The Morgan fingerprint density at radius 2 is 1.94 bits per heavy atom. The molecule has 1 saturated carbocycles. The summed E-state index contributed by atoms with van der Waals surface area (Å²) < 4.78 is 33.0. The van der Waals surface area contributed by atoms with Crippen molar-refractivity contribution in [2.24, 2.45) is 5.92 Å². The zero-order valence-electron chi connectivity index (χ0n) is 10.4. The van der Waals surface area contributed by atoms with Crippen LogP contribution in [-0.4, -0.2) is 6.10 Å². The Hall–Kier alpha value is -0.640. The Balaban J connectivity index is 2.13. The van der Waals surface area contributed by atoms with Gasteiger partial charge in [0.15, 0.2) is 17.4 Å². The van der Waals surface area contributed by atoms with Crippen molar-refractivity contribution in [3.63, 3.8) is 0 Å². The molecular formula is C14H17BrF2O. The molecule has 0 saturated heterocycles. The van der Waals surface area contributed by atoms with Gasteiger partial charge in [-0.05, 0) is 42.9 Å². The molecule has 1 aliphatic rings. The second-order valence-electron chi connectivity index (χ2n) is 5.03. The van der Waals surface area contributed by atoms with Crippen molar-refractivity contribution in [2.75, 3.05) is 0 Å². The van der Waals surface area contributed by atoms with E-state index in [0.717, 1.165) is 19.3 Å². The van der Waals surface area contributed by atoms with Crippen molar-refractivity contribution in [2.45, 2.75) is 44.0 Å². The van der Waals surface area contributed by atoms with Crippen molar-refractivity contribution >= 4 is 15.9 Å². The van der Waals surface area contributed by atoms with Crippen LogP contribution in [0, 0.1) is 17.6 Å². The van der Waals surface area contributed by atoms with Gasteiger partial charge in [-0.2, -0.15) is 0 Å². The van der Waals surface area contributed by atoms with Gasteiger partial charge in [-0.25, -0.2) is 8.78 Å². The van der Waals surface area contributed by atoms with Gasteiger partial charge in [0.05, 0.1) is 6.10 Å². The molecule has 1 aliphatic carbocycles. The van der Waals surface area contributed by atoms with Gasteiger partial charge in [0.2, 0.25) is 0 Å². The Labute approximate surface area is 115 Å². The number of benzene rings is 1. The van der Waals surface area contributed by atoms with E-state index in [2.05, 4.69) is 22.9 Å². The number of alkyl halides is 1. The third-order valence-electron chi connectivity index (χ3n) is 3.39. The summed E-state index contributed by atoms with van der Waals surface area (Å²) >= 11 is 3.18. The van der Waals surface area contributed by atoms with Gasteiger partial charge in [0, 0.05) is 5.33 Å². The second kappa shape index (κ2) is 6.00. The van der Waals surface area contributed by atoms with E-state index >= 15 is 0 Å². The molecule has 0 amide bonds. The lowest BCUT2D eigenvalue weighted by molar-refractivity contribution is 0.118. The highest BCUT2D eigenvalue weighted by Gasteiger charge is 2.23. The molecule has 4 heteroatoms. The highest BCUT2D eigenvalue weighted by atomic mass is 79.9. The minimum atomic E-state index is -0.609. The summed E-state index contributed by atoms with van der Waals surface area (Å²) in [6, 6.07) is 2.64. The fraction of sp³-hybridized carbons (Fsp3) is 0.571. The smallest absolute Gasteiger partial charge is 0.191 e. The number of rotatable bonds is 3. The first-order valence-electron chi connectivity index (χ1n) is 6.30.